The number of benzene rings is 3. The van der Waals surface area contributed by atoms with Gasteiger partial charge < -0.3 is 9.84 Å². The zero-order valence-corrected chi connectivity index (χ0v) is 17.2. The Balaban J connectivity index is 2.15. The van der Waals surface area contributed by atoms with Gasteiger partial charge in [0.1, 0.15) is 5.75 Å². The summed E-state index contributed by atoms with van der Waals surface area (Å²) in [5.41, 5.74) is 0.786. The van der Waals surface area contributed by atoms with Crippen LogP contribution in [0.4, 0.5) is 0 Å². The summed E-state index contributed by atoms with van der Waals surface area (Å²) in [6.45, 7) is 0. The lowest BCUT2D eigenvalue weighted by Gasteiger charge is -2.16. The van der Waals surface area contributed by atoms with E-state index >= 15 is 0 Å². The number of rotatable bonds is 3. The second-order valence-corrected chi connectivity index (χ2v) is 7.76. The van der Waals surface area contributed by atoms with Crippen molar-refractivity contribution in [1.29, 1.82) is 0 Å². The van der Waals surface area contributed by atoms with Crippen LogP contribution in [-0.2, 0) is 0 Å². The summed E-state index contributed by atoms with van der Waals surface area (Å²) in [5.74, 6) is -0.0103. The smallest absolute Gasteiger partial charge is 0.188 e. The van der Waals surface area contributed by atoms with Crippen LogP contribution in [0, 0.1) is 0 Å². The summed E-state index contributed by atoms with van der Waals surface area (Å²) in [6.07, 6.45) is 0. The Hall–Kier alpha value is -1.000. The van der Waals surface area contributed by atoms with Crippen LogP contribution in [0.25, 0.3) is 11.1 Å². The van der Waals surface area contributed by atoms with Crippen LogP contribution in [0.3, 0.4) is 0 Å². The Labute approximate surface area is 179 Å². The summed E-state index contributed by atoms with van der Waals surface area (Å²) < 4.78 is 5.71. The highest BCUT2D eigenvalue weighted by Crippen LogP contribution is 2.49. The van der Waals surface area contributed by atoms with Crippen molar-refractivity contribution in [2.75, 3.05) is 0 Å². The SMILES string of the molecule is Oc1c(Oc2ccc(Cl)cc2Cl)c(Cl)cc(Cl)c1-c1cc(Cl)cc(Cl)c1. The van der Waals surface area contributed by atoms with Gasteiger partial charge in [-0.3, -0.25) is 0 Å². The molecule has 0 aliphatic carbocycles. The molecule has 3 aromatic rings. The van der Waals surface area contributed by atoms with Gasteiger partial charge in [-0.1, -0.05) is 69.6 Å². The second-order valence-electron chi connectivity index (χ2n) is 5.23. The summed E-state index contributed by atoms with van der Waals surface area (Å²) >= 11 is 36.6. The largest absolute Gasteiger partial charge is 0.504 e. The number of halogens is 6. The van der Waals surface area contributed by atoms with Gasteiger partial charge in [0, 0.05) is 20.6 Å². The van der Waals surface area contributed by atoms with Crippen LogP contribution in [-0.4, -0.2) is 5.11 Å². The van der Waals surface area contributed by atoms with Crippen molar-refractivity contribution in [2.45, 2.75) is 0 Å². The minimum atomic E-state index is -0.271. The van der Waals surface area contributed by atoms with Gasteiger partial charge in [0.2, 0.25) is 0 Å². The maximum Gasteiger partial charge on any atom is 0.188 e. The molecule has 0 bridgehead atoms. The van der Waals surface area contributed by atoms with Gasteiger partial charge in [-0.15, -0.1) is 0 Å². The van der Waals surface area contributed by atoms with E-state index in [2.05, 4.69) is 0 Å². The fraction of sp³-hybridized carbons (Fsp3) is 0. The molecule has 0 aliphatic heterocycles. The van der Waals surface area contributed by atoms with Crippen LogP contribution in [0.1, 0.15) is 0 Å². The lowest BCUT2D eigenvalue weighted by molar-refractivity contribution is 0.413. The van der Waals surface area contributed by atoms with Gasteiger partial charge in [0.15, 0.2) is 11.5 Å². The van der Waals surface area contributed by atoms with Gasteiger partial charge in [-0.25, -0.2) is 0 Å². The van der Waals surface area contributed by atoms with Crippen molar-refractivity contribution in [2.24, 2.45) is 0 Å². The van der Waals surface area contributed by atoms with E-state index in [0.29, 0.717) is 20.6 Å². The third-order valence-corrected chi connectivity index (χ3v) is 4.96. The van der Waals surface area contributed by atoms with Crippen molar-refractivity contribution < 1.29 is 9.84 Å². The van der Waals surface area contributed by atoms with Crippen LogP contribution in [0.15, 0.2) is 42.5 Å². The highest BCUT2D eigenvalue weighted by Gasteiger charge is 2.21. The molecule has 2 nitrogen and oxygen atoms in total. The molecule has 26 heavy (non-hydrogen) atoms. The molecule has 0 saturated heterocycles. The summed E-state index contributed by atoms with van der Waals surface area (Å²) in [7, 11) is 0. The highest BCUT2D eigenvalue weighted by atomic mass is 35.5. The lowest BCUT2D eigenvalue weighted by Crippen LogP contribution is -1.91. The third kappa shape index (κ3) is 4.12. The van der Waals surface area contributed by atoms with E-state index in [1.165, 1.54) is 12.1 Å². The Morgan fingerprint density at radius 2 is 1.31 bits per heavy atom. The van der Waals surface area contributed by atoms with Gasteiger partial charge in [-0.2, -0.15) is 0 Å². The molecular formula is C18H8Cl6O2. The molecule has 0 spiro atoms. The normalized spacial score (nSPS) is 10.8. The number of phenolic OH excluding ortho intramolecular Hbond substituents is 1. The average Bonchev–Trinajstić information content (AvgIpc) is 2.52. The molecule has 3 rings (SSSR count). The number of hydrogen-bond donors (Lipinski definition) is 1. The van der Waals surface area contributed by atoms with Crippen molar-refractivity contribution in [3.8, 4) is 28.4 Å². The first-order chi connectivity index (χ1) is 12.3. The molecule has 0 radical (unpaired) electrons. The van der Waals surface area contributed by atoms with Gasteiger partial charge in [0.05, 0.1) is 15.1 Å². The Bertz CT molecular complexity index is 983. The van der Waals surface area contributed by atoms with E-state index in [-0.39, 0.29) is 37.9 Å². The summed E-state index contributed by atoms with van der Waals surface area (Å²) in [4.78, 5) is 0. The first kappa shape index (κ1) is 19.8. The topological polar surface area (TPSA) is 29.5 Å². The Morgan fingerprint density at radius 3 is 1.92 bits per heavy atom. The zero-order valence-electron chi connectivity index (χ0n) is 12.7. The Kier molecular flexibility index (Phi) is 6.03. The lowest BCUT2D eigenvalue weighted by atomic mass is 10.0. The number of hydrogen-bond acceptors (Lipinski definition) is 2. The number of aromatic hydroxyl groups is 1. The van der Waals surface area contributed by atoms with E-state index in [9.17, 15) is 5.11 Å². The van der Waals surface area contributed by atoms with E-state index in [1.807, 2.05) is 0 Å². The first-order valence-electron chi connectivity index (χ1n) is 7.06. The van der Waals surface area contributed by atoms with Crippen LogP contribution in [0.2, 0.25) is 30.1 Å². The molecular weight excluding hydrogens is 461 g/mol. The average molecular weight is 469 g/mol. The summed E-state index contributed by atoms with van der Waals surface area (Å²) in [5, 5.41) is 12.5. The third-order valence-electron chi connectivity index (χ3n) is 3.42. The molecule has 0 fully saturated rings. The Morgan fingerprint density at radius 1 is 0.654 bits per heavy atom. The molecule has 0 unspecified atom stereocenters. The zero-order chi connectivity index (χ0) is 19.0. The highest BCUT2D eigenvalue weighted by molar-refractivity contribution is 6.39. The predicted octanol–water partition coefficient (Wildman–Crippen LogP) is 8.77. The van der Waals surface area contributed by atoms with Crippen LogP contribution >= 0.6 is 69.6 Å². The molecule has 0 heterocycles. The van der Waals surface area contributed by atoms with Crippen LogP contribution < -0.4 is 4.74 Å². The molecule has 134 valence electrons. The van der Waals surface area contributed by atoms with Crippen molar-refractivity contribution in [3.63, 3.8) is 0 Å². The number of ether oxygens (including phenoxy) is 1. The van der Waals surface area contributed by atoms with Gasteiger partial charge >= 0.3 is 0 Å². The molecule has 8 heteroatoms. The van der Waals surface area contributed by atoms with Crippen molar-refractivity contribution in [3.05, 3.63) is 72.6 Å². The first-order valence-corrected chi connectivity index (χ1v) is 9.33. The van der Waals surface area contributed by atoms with Gasteiger partial charge in [-0.05, 0) is 48.0 Å². The molecule has 0 aliphatic rings. The standard InChI is InChI=1S/C18H8Cl6O2/c19-9-1-2-15(12(22)6-9)26-18-14(24)7-13(23)16(17(18)25)8-3-10(20)5-11(21)4-8/h1-7,25H. The quantitative estimate of drug-likeness (QED) is 0.416. The molecule has 0 amide bonds. The molecule has 0 saturated carbocycles. The van der Waals surface area contributed by atoms with E-state index in [1.54, 1.807) is 30.3 Å². The van der Waals surface area contributed by atoms with Crippen molar-refractivity contribution >= 4 is 69.6 Å². The molecule has 0 atom stereocenters. The van der Waals surface area contributed by atoms with Gasteiger partial charge in [0.25, 0.3) is 0 Å². The second kappa shape index (κ2) is 7.93. The fourth-order valence-corrected chi connectivity index (χ4v) is 3.90. The fourth-order valence-electron chi connectivity index (χ4n) is 2.33. The minimum Gasteiger partial charge on any atom is -0.504 e. The van der Waals surface area contributed by atoms with Crippen LogP contribution in [0.5, 0.6) is 17.2 Å². The maximum absolute atomic E-state index is 10.7. The molecule has 1 N–H and O–H groups in total. The number of phenols is 1. The summed E-state index contributed by atoms with van der Waals surface area (Å²) in [6, 6.07) is 10.9. The van der Waals surface area contributed by atoms with E-state index < -0.39 is 0 Å². The minimum absolute atomic E-state index is 0.00797. The molecule has 0 aromatic heterocycles. The molecule has 3 aromatic carbocycles. The van der Waals surface area contributed by atoms with E-state index in [4.69, 9.17) is 74.3 Å². The van der Waals surface area contributed by atoms with Crippen molar-refractivity contribution in [1.82, 2.24) is 0 Å². The predicted molar refractivity (Wildman–Crippen MR) is 110 cm³/mol. The maximum atomic E-state index is 10.7. The van der Waals surface area contributed by atoms with E-state index in [0.717, 1.165) is 0 Å². The monoisotopic (exact) mass is 466 g/mol.